The number of carbonyl (C=O) groups is 2. The Morgan fingerprint density at radius 1 is 1.22 bits per heavy atom. The summed E-state index contributed by atoms with van der Waals surface area (Å²) in [6.07, 6.45) is 3.67. The van der Waals surface area contributed by atoms with Crippen LogP contribution in [0.1, 0.15) is 57.4 Å². The van der Waals surface area contributed by atoms with Crippen LogP contribution < -0.4 is 10.1 Å². The minimum atomic E-state index is -0.121. The highest BCUT2D eigenvalue weighted by molar-refractivity contribution is 6.01. The summed E-state index contributed by atoms with van der Waals surface area (Å²) in [6.45, 7) is 4.12. The Morgan fingerprint density at radius 3 is 2.65 bits per heavy atom. The van der Waals surface area contributed by atoms with E-state index in [-0.39, 0.29) is 23.7 Å². The molecule has 0 bridgehead atoms. The van der Waals surface area contributed by atoms with Gasteiger partial charge in [0.2, 0.25) is 5.91 Å². The quantitative estimate of drug-likeness (QED) is 0.926. The smallest absolute Gasteiger partial charge is 0.225 e. The average molecular weight is 313 g/mol. The van der Waals surface area contributed by atoms with Gasteiger partial charge in [0.1, 0.15) is 5.75 Å². The lowest BCUT2D eigenvalue weighted by Crippen LogP contribution is -2.36. The molecule has 1 aromatic carbocycles. The van der Waals surface area contributed by atoms with E-state index in [2.05, 4.69) is 12.2 Å². The van der Waals surface area contributed by atoms with E-state index in [0.29, 0.717) is 12.8 Å². The molecule has 1 aromatic rings. The summed E-state index contributed by atoms with van der Waals surface area (Å²) < 4.78 is 5.80. The summed E-state index contributed by atoms with van der Waals surface area (Å²) in [6, 6.07) is 7.82. The van der Waals surface area contributed by atoms with Gasteiger partial charge in [0.25, 0.3) is 0 Å². The van der Waals surface area contributed by atoms with Crippen LogP contribution in [0.2, 0.25) is 0 Å². The number of rotatable bonds is 4. The Bertz CT molecular complexity index is 645. The average Bonchev–Trinajstić information content (AvgIpc) is 2.54. The molecule has 1 aliphatic carbocycles. The van der Waals surface area contributed by atoms with Gasteiger partial charge in [-0.15, -0.1) is 0 Å². The van der Waals surface area contributed by atoms with E-state index in [4.69, 9.17) is 4.74 Å². The molecule has 0 aromatic heterocycles. The largest absolute Gasteiger partial charge is 0.491 e. The Morgan fingerprint density at radius 2 is 1.96 bits per heavy atom. The Hall–Kier alpha value is -2.10. The SMILES string of the molecule is CCC(C)Oc1ccc(C2CC(=O)NC3=C2C(=O)CCC3)cc1. The molecule has 0 radical (unpaired) electrons. The van der Waals surface area contributed by atoms with Gasteiger partial charge in [-0.1, -0.05) is 19.1 Å². The van der Waals surface area contributed by atoms with Gasteiger partial charge in [0.15, 0.2) is 5.78 Å². The van der Waals surface area contributed by atoms with E-state index < -0.39 is 0 Å². The first-order valence-electron chi connectivity index (χ1n) is 8.41. The molecule has 1 amide bonds. The minimum Gasteiger partial charge on any atom is -0.491 e. The highest BCUT2D eigenvalue weighted by atomic mass is 16.5. The molecule has 0 saturated carbocycles. The van der Waals surface area contributed by atoms with E-state index in [0.717, 1.165) is 41.8 Å². The summed E-state index contributed by atoms with van der Waals surface area (Å²) in [5, 5.41) is 2.89. The van der Waals surface area contributed by atoms with Crippen LogP contribution in [0.25, 0.3) is 0 Å². The number of amides is 1. The molecule has 2 aliphatic rings. The molecule has 1 N–H and O–H groups in total. The third kappa shape index (κ3) is 3.31. The van der Waals surface area contributed by atoms with E-state index in [9.17, 15) is 9.59 Å². The monoisotopic (exact) mass is 313 g/mol. The van der Waals surface area contributed by atoms with Crippen LogP contribution in [-0.4, -0.2) is 17.8 Å². The number of benzene rings is 1. The van der Waals surface area contributed by atoms with Crippen LogP contribution >= 0.6 is 0 Å². The Balaban J connectivity index is 1.87. The molecule has 3 rings (SSSR count). The van der Waals surface area contributed by atoms with Crippen molar-refractivity contribution in [1.29, 1.82) is 0 Å². The fraction of sp³-hybridized carbons (Fsp3) is 0.474. The molecule has 23 heavy (non-hydrogen) atoms. The third-order valence-corrected chi connectivity index (χ3v) is 4.68. The number of ketones is 1. The highest BCUT2D eigenvalue weighted by Gasteiger charge is 2.34. The Kier molecular flexibility index (Phi) is 4.51. The van der Waals surface area contributed by atoms with E-state index in [1.165, 1.54) is 0 Å². The summed E-state index contributed by atoms with van der Waals surface area (Å²) in [5.74, 6) is 0.885. The molecule has 0 spiro atoms. The fourth-order valence-corrected chi connectivity index (χ4v) is 3.28. The number of nitrogens with one attached hydrogen (secondary N) is 1. The molecule has 4 heteroatoms. The molecule has 0 fully saturated rings. The molecule has 1 heterocycles. The third-order valence-electron chi connectivity index (χ3n) is 4.68. The second-order valence-corrected chi connectivity index (χ2v) is 6.38. The summed E-state index contributed by atoms with van der Waals surface area (Å²) in [4.78, 5) is 24.3. The van der Waals surface area contributed by atoms with Crippen molar-refractivity contribution < 1.29 is 14.3 Å². The topological polar surface area (TPSA) is 55.4 Å². The number of Topliss-reactive ketones (excluding diaryl/α,β-unsaturated/α-hetero) is 1. The van der Waals surface area contributed by atoms with Crippen LogP contribution in [0.15, 0.2) is 35.5 Å². The first-order valence-corrected chi connectivity index (χ1v) is 8.41. The number of hydrogen-bond acceptors (Lipinski definition) is 3. The molecule has 122 valence electrons. The fourth-order valence-electron chi connectivity index (χ4n) is 3.28. The lowest BCUT2D eigenvalue weighted by molar-refractivity contribution is -0.122. The standard InChI is InChI=1S/C19H23NO3/c1-3-12(2)23-14-9-7-13(8-10-14)15-11-18(22)20-16-5-4-6-17(21)19(15)16/h7-10,12,15H,3-6,11H2,1-2H3,(H,20,22). The number of allylic oxidation sites excluding steroid dienone is 2. The van der Waals surface area contributed by atoms with Crippen molar-refractivity contribution in [3.63, 3.8) is 0 Å². The summed E-state index contributed by atoms with van der Waals surface area (Å²) in [7, 11) is 0. The lowest BCUT2D eigenvalue weighted by Gasteiger charge is -2.31. The zero-order valence-electron chi connectivity index (χ0n) is 13.7. The summed E-state index contributed by atoms with van der Waals surface area (Å²) >= 11 is 0. The van der Waals surface area contributed by atoms with Crippen LogP contribution in [-0.2, 0) is 9.59 Å². The van der Waals surface area contributed by atoms with Gasteiger partial charge in [-0.3, -0.25) is 9.59 Å². The molecular formula is C19H23NO3. The number of ether oxygens (including phenoxy) is 1. The van der Waals surface area contributed by atoms with Gasteiger partial charge in [-0.05, 0) is 43.9 Å². The molecule has 1 aliphatic heterocycles. The predicted octanol–water partition coefficient (Wildman–Crippen LogP) is 3.47. The van der Waals surface area contributed by atoms with Crippen molar-refractivity contribution in [1.82, 2.24) is 5.32 Å². The minimum absolute atomic E-state index is 0.00313. The second kappa shape index (κ2) is 6.57. The van der Waals surface area contributed by atoms with Gasteiger partial charge >= 0.3 is 0 Å². The number of carbonyl (C=O) groups excluding carboxylic acids is 2. The maximum absolute atomic E-state index is 12.3. The highest BCUT2D eigenvalue weighted by Crippen LogP contribution is 2.38. The van der Waals surface area contributed by atoms with Gasteiger partial charge in [0.05, 0.1) is 6.10 Å². The van der Waals surface area contributed by atoms with E-state index in [1.807, 2.05) is 31.2 Å². The molecule has 2 atom stereocenters. The van der Waals surface area contributed by atoms with Gasteiger partial charge in [-0.25, -0.2) is 0 Å². The first-order chi connectivity index (χ1) is 11.1. The zero-order chi connectivity index (χ0) is 16.4. The second-order valence-electron chi connectivity index (χ2n) is 6.38. The van der Waals surface area contributed by atoms with Crippen LogP contribution in [0.4, 0.5) is 0 Å². The molecular weight excluding hydrogens is 290 g/mol. The van der Waals surface area contributed by atoms with Crippen molar-refractivity contribution in [3.05, 3.63) is 41.1 Å². The Labute approximate surface area is 136 Å². The van der Waals surface area contributed by atoms with Crippen molar-refractivity contribution in [2.45, 2.75) is 58.0 Å². The van der Waals surface area contributed by atoms with Crippen molar-refractivity contribution in [2.75, 3.05) is 0 Å². The van der Waals surface area contributed by atoms with E-state index >= 15 is 0 Å². The molecule has 4 nitrogen and oxygen atoms in total. The predicted molar refractivity (Wildman–Crippen MR) is 88.2 cm³/mol. The van der Waals surface area contributed by atoms with Crippen molar-refractivity contribution in [2.24, 2.45) is 0 Å². The van der Waals surface area contributed by atoms with Crippen molar-refractivity contribution >= 4 is 11.7 Å². The summed E-state index contributed by atoms with van der Waals surface area (Å²) in [5.41, 5.74) is 2.66. The zero-order valence-corrected chi connectivity index (χ0v) is 13.7. The van der Waals surface area contributed by atoms with Gasteiger partial charge in [-0.2, -0.15) is 0 Å². The van der Waals surface area contributed by atoms with Crippen LogP contribution in [0, 0.1) is 0 Å². The maximum atomic E-state index is 12.3. The van der Waals surface area contributed by atoms with Crippen LogP contribution in [0.3, 0.4) is 0 Å². The molecule has 2 unspecified atom stereocenters. The molecule has 0 saturated heterocycles. The maximum Gasteiger partial charge on any atom is 0.225 e. The van der Waals surface area contributed by atoms with Gasteiger partial charge in [0, 0.05) is 30.0 Å². The lowest BCUT2D eigenvalue weighted by atomic mass is 9.78. The van der Waals surface area contributed by atoms with Crippen LogP contribution in [0.5, 0.6) is 5.75 Å². The normalized spacial score (nSPS) is 22.4. The van der Waals surface area contributed by atoms with Gasteiger partial charge < -0.3 is 10.1 Å². The van der Waals surface area contributed by atoms with Crippen molar-refractivity contribution in [3.8, 4) is 5.75 Å². The van der Waals surface area contributed by atoms with E-state index in [1.54, 1.807) is 0 Å². The number of hydrogen-bond donors (Lipinski definition) is 1. The first kappa shape index (κ1) is 15.8.